The average Bonchev–Trinajstić information content (AvgIpc) is 2.76. The van der Waals surface area contributed by atoms with Crippen molar-refractivity contribution >= 4 is 0 Å². The predicted molar refractivity (Wildman–Crippen MR) is 62.0 cm³/mol. The lowest BCUT2D eigenvalue weighted by Gasteiger charge is -1.98. The second kappa shape index (κ2) is 7.39. The molecule has 0 aromatic carbocycles. The lowest BCUT2D eigenvalue weighted by atomic mass is 10.1. The zero-order chi connectivity index (χ0) is 11.8. The number of aromatic nitrogens is 2. The van der Waals surface area contributed by atoms with Gasteiger partial charge in [-0.1, -0.05) is 44.7 Å². The Hall–Kier alpha value is -0.900. The van der Waals surface area contributed by atoms with E-state index in [1.54, 1.807) is 0 Å². The highest BCUT2D eigenvalue weighted by Crippen LogP contribution is 2.13. The molecular formula is C12H22N2O2. The van der Waals surface area contributed by atoms with Crippen LogP contribution < -0.4 is 0 Å². The van der Waals surface area contributed by atoms with E-state index in [4.69, 9.17) is 4.52 Å². The lowest BCUT2D eigenvalue weighted by molar-refractivity contribution is 0.159. The molecule has 0 aliphatic carbocycles. The largest absolute Gasteiger partial charge is 0.385 e. The van der Waals surface area contributed by atoms with Crippen LogP contribution in [0.15, 0.2) is 4.52 Å². The van der Waals surface area contributed by atoms with Crippen LogP contribution in [0.2, 0.25) is 0 Å². The number of hydrogen-bond donors (Lipinski definition) is 1. The molecule has 16 heavy (non-hydrogen) atoms. The molecule has 0 saturated heterocycles. The molecule has 0 saturated carbocycles. The fourth-order valence-corrected chi connectivity index (χ4v) is 1.57. The highest BCUT2D eigenvalue weighted by Gasteiger charge is 2.12. The van der Waals surface area contributed by atoms with Gasteiger partial charge in [0, 0.05) is 6.42 Å². The highest BCUT2D eigenvalue weighted by atomic mass is 16.5. The van der Waals surface area contributed by atoms with Crippen LogP contribution in [0, 0.1) is 0 Å². The van der Waals surface area contributed by atoms with Crippen molar-refractivity contribution in [3.63, 3.8) is 0 Å². The molecule has 1 aromatic rings. The zero-order valence-electron chi connectivity index (χ0n) is 10.3. The quantitative estimate of drug-likeness (QED) is 0.692. The zero-order valence-corrected chi connectivity index (χ0v) is 10.3. The van der Waals surface area contributed by atoms with Crippen molar-refractivity contribution < 1.29 is 9.63 Å². The molecule has 1 unspecified atom stereocenters. The van der Waals surface area contributed by atoms with E-state index in [1.165, 1.54) is 25.7 Å². The van der Waals surface area contributed by atoms with E-state index in [9.17, 15) is 5.11 Å². The number of unbranched alkanes of at least 4 members (excludes halogenated alkanes) is 4. The van der Waals surface area contributed by atoms with Crippen LogP contribution in [-0.2, 0) is 6.42 Å². The summed E-state index contributed by atoms with van der Waals surface area (Å²) in [5.74, 6) is 1.07. The van der Waals surface area contributed by atoms with Crippen molar-refractivity contribution in [2.75, 3.05) is 0 Å². The fraction of sp³-hybridized carbons (Fsp3) is 0.833. The smallest absolute Gasteiger partial charge is 0.226 e. The van der Waals surface area contributed by atoms with Gasteiger partial charge in [0.1, 0.15) is 6.10 Å². The molecule has 0 aliphatic rings. The molecule has 1 N–H and O–H groups in total. The molecule has 4 heteroatoms. The van der Waals surface area contributed by atoms with Crippen molar-refractivity contribution in [3.8, 4) is 0 Å². The number of hydrogen-bond acceptors (Lipinski definition) is 4. The first-order valence-corrected chi connectivity index (χ1v) is 6.28. The Balaban J connectivity index is 2.24. The Morgan fingerprint density at radius 1 is 1.19 bits per heavy atom. The van der Waals surface area contributed by atoms with Crippen LogP contribution in [0.1, 0.15) is 70.2 Å². The maximum atomic E-state index is 9.50. The normalized spacial score (nSPS) is 12.9. The summed E-state index contributed by atoms with van der Waals surface area (Å²) in [7, 11) is 0. The van der Waals surface area contributed by atoms with Crippen LogP contribution in [-0.4, -0.2) is 15.2 Å². The third-order valence-corrected chi connectivity index (χ3v) is 2.66. The molecule has 1 rings (SSSR count). The van der Waals surface area contributed by atoms with Gasteiger partial charge in [-0.25, -0.2) is 0 Å². The Morgan fingerprint density at radius 3 is 2.62 bits per heavy atom. The predicted octanol–water partition coefficient (Wildman–Crippen LogP) is 3.03. The van der Waals surface area contributed by atoms with E-state index in [-0.39, 0.29) is 0 Å². The lowest BCUT2D eigenvalue weighted by Crippen LogP contribution is -1.97. The molecule has 0 aliphatic heterocycles. The Morgan fingerprint density at radius 2 is 1.94 bits per heavy atom. The third-order valence-electron chi connectivity index (χ3n) is 2.66. The summed E-state index contributed by atoms with van der Waals surface area (Å²) >= 11 is 0. The van der Waals surface area contributed by atoms with E-state index in [1.807, 2.05) is 6.92 Å². The van der Waals surface area contributed by atoms with E-state index < -0.39 is 6.10 Å². The first-order chi connectivity index (χ1) is 7.77. The molecule has 0 spiro atoms. The second-order valence-electron chi connectivity index (χ2n) is 4.13. The summed E-state index contributed by atoms with van der Waals surface area (Å²) in [6, 6.07) is 0. The van der Waals surface area contributed by atoms with E-state index in [0.29, 0.717) is 18.1 Å². The molecule has 92 valence electrons. The van der Waals surface area contributed by atoms with Gasteiger partial charge in [-0.05, 0) is 12.8 Å². The van der Waals surface area contributed by atoms with Gasteiger partial charge in [0.2, 0.25) is 5.89 Å². The Kier molecular flexibility index (Phi) is 6.08. The van der Waals surface area contributed by atoms with E-state index in [2.05, 4.69) is 17.1 Å². The summed E-state index contributed by atoms with van der Waals surface area (Å²) in [5, 5.41) is 13.3. The number of rotatable bonds is 8. The van der Waals surface area contributed by atoms with Crippen molar-refractivity contribution in [1.29, 1.82) is 0 Å². The summed E-state index contributed by atoms with van der Waals surface area (Å²) in [6.45, 7) is 4.10. The summed E-state index contributed by atoms with van der Waals surface area (Å²) in [6.07, 6.45) is 6.98. The van der Waals surface area contributed by atoms with Crippen LogP contribution in [0.4, 0.5) is 0 Å². The van der Waals surface area contributed by atoms with Gasteiger partial charge < -0.3 is 9.63 Å². The van der Waals surface area contributed by atoms with Gasteiger partial charge in [0.25, 0.3) is 0 Å². The molecule has 0 fully saturated rings. The number of nitrogens with zero attached hydrogens (tertiary/aromatic N) is 2. The SMILES string of the molecule is CCCCCCCc1nc(C(O)CC)no1. The molecule has 4 nitrogen and oxygen atoms in total. The maximum Gasteiger partial charge on any atom is 0.226 e. The van der Waals surface area contributed by atoms with Crippen molar-refractivity contribution in [1.82, 2.24) is 10.1 Å². The third kappa shape index (κ3) is 4.31. The molecule has 0 amide bonds. The number of aliphatic hydroxyl groups excluding tert-OH is 1. The molecular weight excluding hydrogens is 204 g/mol. The molecule has 1 heterocycles. The fourth-order valence-electron chi connectivity index (χ4n) is 1.57. The van der Waals surface area contributed by atoms with Gasteiger partial charge in [-0.15, -0.1) is 0 Å². The second-order valence-corrected chi connectivity index (χ2v) is 4.13. The first-order valence-electron chi connectivity index (χ1n) is 6.28. The first kappa shape index (κ1) is 13.2. The molecule has 1 atom stereocenters. The minimum absolute atomic E-state index is 0.422. The van der Waals surface area contributed by atoms with Gasteiger partial charge in [0.05, 0.1) is 0 Å². The van der Waals surface area contributed by atoms with Gasteiger partial charge >= 0.3 is 0 Å². The van der Waals surface area contributed by atoms with Crippen molar-refractivity contribution in [3.05, 3.63) is 11.7 Å². The number of aliphatic hydroxyl groups is 1. The summed E-state index contributed by atoms with van der Waals surface area (Å²) < 4.78 is 5.07. The van der Waals surface area contributed by atoms with Crippen molar-refractivity contribution in [2.45, 2.75) is 64.9 Å². The molecule has 0 radical (unpaired) electrons. The van der Waals surface area contributed by atoms with Gasteiger partial charge in [-0.2, -0.15) is 4.98 Å². The minimum Gasteiger partial charge on any atom is -0.385 e. The Labute approximate surface area is 97.1 Å². The molecule has 0 bridgehead atoms. The molecule has 1 aromatic heterocycles. The highest BCUT2D eigenvalue weighted by molar-refractivity contribution is 4.90. The summed E-state index contributed by atoms with van der Waals surface area (Å²) in [4.78, 5) is 4.17. The Bertz CT molecular complexity index is 286. The monoisotopic (exact) mass is 226 g/mol. The number of aryl methyl sites for hydroxylation is 1. The standard InChI is InChI=1S/C12H22N2O2/c1-3-5-6-7-8-9-11-13-12(14-16-11)10(15)4-2/h10,15H,3-9H2,1-2H3. The summed E-state index contributed by atoms with van der Waals surface area (Å²) in [5.41, 5.74) is 0. The van der Waals surface area contributed by atoms with Crippen LogP contribution in [0.25, 0.3) is 0 Å². The van der Waals surface area contributed by atoms with Crippen molar-refractivity contribution in [2.24, 2.45) is 0 Å². The minimum atomic E-state index is -0.586. The van der Waals surface area contributed by atoms with Crippen LogP contribution in [0.3, 0.4) is 0 Å². The van der Waals surface area contributed by atoms with Gasteiger partial charge in [0.15, 0.2) is 5.82 Å². The van der Waals surface area contributed by atoms with Crippen LogP contribution in [0.5, 0.6) is 0 Å². The topological polar surface area (TPSA) is 59.2 Å². The average molecular weight is 226 g/mol. The van der Waals surface area contributed by atoms with E-state index >= 15 is 0 Å². The van der Waals surface area contributed by atoms with Crippen LogP contribution >= 0.6 is 0 Å². The van der Waals surface area contributed by atoms with E-state index in [0.717, 1.165) is 12.8 Å². The van der Waals surface area contributed by atoms with Gasteiger partial charge in [-0.3, -0.25) is 0 Å². The maximum absolute atomic E-state index is 9.50.